The van der Waals surface area contributed by atoms with Crippen LogP contribution in [0.5, 0.6) is 0 Å². The van der Waals surface area contributed by atoms with E-state index in [0.717, 1.165) is 24.0 Å². The fourth-order valence-corrected chi connectivity index (χ4v) is 4.13. The molecule has 0 aromatic rings. The Morgan fingerprint density at radius 2 is 1.94 bits per heavy atom. The largest absolute Gasteiger partial charge is 0.381 e. The summed E-state index contributed by atoms with van der Waals surface area (Å²) < 4.78 is 1.17. The van der Waals surface area contributed by atoms with Gasteiger partial charge in [0.25, 0.3) is 0 Å². The zero-order valence-electron chi connectivity index (χ0n) is 10.2. The quantitative estimate of drug-likeness (QED) is 0.687. The van der Waals surface area contributed by atoms with Crippen LogP contribution in [0.1, 0.15) is 33.6 Å². The number of Topliss-reactive ketones (excluding diaryl/α,β-unsaturated/α-hetero) is 1. The molecular weight excluding hydrogens is 327 g/mol. The Balaban J connectivity index is 2.31. The highest BCUT2D eigenvalue weighted by Gasteiger charge is 2.64. The van der Waals surface area contributed by atoms with Crippen molar-refractivity contribution in [2.24, 2.45) is 5.41 Å². The smallest absolute Gasteiger partial charge is 0.195 e. The average molecular weight is 342 g/mol. The second-order valence-corrected chi connectivity index (χ2v) is 6.62. The van der Waals surface area contributed by atoms with E-state index in [-0.39, 0.29) is 11.2 Å². The van der Waals surface area contributed by atoms with E-state index in [2.05, 4.69) is 29.5 Å². The van der Waals surface area contributed by atoms with Gasteiger partial charge in [-0.25, -0.2) is 0 Å². The molecule has 1 atom stereocenters. The molecule has 0 aliphatic heterocycles. The molecule has 3 aliphatic rings. The highest BCUT2D eigenvalue weighted by Crippen LogP contribution is 2.65. The Morgan fingerprint density at radius 1 is 1.35 bits per heavy atom. The third kappa shape index (κ3) is 1.17. The van der Waals surface area contributed by atoms with Crippen molar-refractivity contribution in [2.45, 2.75) is 39.2 Å². The summed E-state index contributed by atoms with van der Waals surface area (Å²) in [5, 5.41) is 10.6. The third-order valence-electron chi connectivity index (χ3n) is 4.66. The Bertz CT molecular complexity index is 543. The van der Waals surface area contributed by atoms with Crippen LogP contribution in [0, 0.1) is 5.41 Å². The molecule has 17 heavy (non-hydrogen) atoms. The minimum atomic E-state index is -1.21. The molecular formula is C14H15IO2. The molecule has 3 heteroatoms. The van der Waals surface area contributed by atoms with E-state index < -0.39 is 5.60 Å². The van der Waals surface area contributed by atoms with Gasteiger partial charge in [0.05, 0.1) is 0 Å². The van der Waals surface area contributed by atoms with Crippen LogP contribution in [-0.4, -0.2) is 16.5 Å². The van der Waals surface area contributed by atoms with Crippen LogP contribution < -0.4 is 0 Å². The number of hydrogen-bond donors (Lipinski definition) is 1. The Hall–Kier alpha value is -0.420. The van der Waals surface area contributed by atoms with E-state index in [0.29, 0.717) is 5.57 Å². The molecule has 0 bridgehead atoms. The summed E-state index contributed by atoms with van der Waals surface area (Å²) in [7, 11) is 0. The standard InChI is InChI=1S/C14H15IO2/c1-7-6-9-10(11(7)15)8(2)14(4-5-14)13(3,17)12(9)16/h6,17H,4-5H2,1-3H3/t13-/m0/s1. The number of rotatable bonds is 0. The molecule has 1 fully saturated rings. The molecule has 0 radical (unpaired) electrons. The lowest BCUT2D eigenvalue weighted by Gasteiger charge is -2.38. The van der Waals surface area contributed by atoms with Gasteiger partial charge in [-0.3, -0.25) is 4.79 Å². The fraction of sp³-hybridized carbons (Fsp3) is 0.500. The van der Waals surface area contributed by atoms with Gasteiger partial charge in [-0.1, -0.05) is 5.57 Å². The predicted octanol–water partition coefficient (Wildman–Crippen LogP) is 3.07. The molecule has 2 nitrogen and oxygen atoms in total. The summed E-state index contributed by atoms with van der Waals surface area (Å²) in [5.74, 6) is -0.0957. The van der Waals surface area contributed by atoms with E-state index >= 15 is 0 Å². The maximum atomic E-state index is 12.4. The van der Waals surface area contributed by atoms with Crippen LogP contribution in [0.15, 0.2) is 31.9 Å². The van der Waals surface area contributed by atoms with Gasteiger partial charge in [0.2, 0.25) is 0 Å². The molecule has 3 rings (SSSR count). The van der Waals surface area contributed by atoms with E-state index in [1.54, 1.807) is 6.92 Å². The van der Waals surface area contributed by atoms with E-state index in [1.165, 1.54) is 9.15 Å². The van der Waals surface area contributed by atoms with Crippen molar-refractivity contribution in [1.29, 1.82) is 0 Å². The van der Waals surface area contributed by atoms with Crippen molar-refractivity contribution in [2.75, 3.05) is 0 Å². The summed E-state index contributed by atoms with van der Waals surface area (Å²) in [5.41, 5.74) is 2.65. The first kappa shape index (κ1) is 11.7. The third-order valence-corrected chi connectivity index (χ3v) is 6.05. The monoisotopic (exact) mass is 342 g/mol. The van der Waals surface area contributed by atoms with Gasteiger partial charge in [-0.05, 0) is 73.4 Å². The van der Waals surface area contributed by atoms with Gasteiger partial charge in [0.15, 0.2) is 5.78 Å². The first-order valence-electron chi connectivity index (χ1n) is 5.90. The average Bonchev–Trinajstić information content (AvgIpc) is 3.01. The SMILES string of the molecule is CC1=C(I)C2=C(C)C3(CC3)[C@@](C)(O)C(=O)C2=C1. The molecule has 1 N–H and O–H groups in total. The van der Waals surface area contributed by atoms with Gasteiger partial charge >= 0.3 is 0 Å². The number of carbonyl (C=O) groups excluding carboxylic acids is 1. The van der Waals surface area contributed by atoms with Crippen molar-refractivity contribution in [3.05, 3.63) is 31.9 Å². The van der Waals surface area contributed by atoms with E-state index in [4.69, 9.17) is 0 Å². The summed E-state index contributed by atoms with van der Waals surface area (Å²) in [6.07, 6.45) is 3.78. The molecule has 0 unspecified atom stereocenters. The van der Waals surface area contributed by atoms with E-state index in [9.17, 15) is 9.90 Å². The number of aliphatic hydroxyl groups is 1. The predicted molar refractivity (Wildman–Crippen MR) is 74.8 cm³/mol. The van der Waals surface area contributed by atoms with Crippen molar-refractivity contribution in [3.8, 4) is 0 Å². The second kappa shape index (κ2) is 3.12. The first-order valence-corrected chi connectivity index (χ1v) is 6.98. The van der Waals surface area contributed by atoms with Crippen LogP contribution in [-0.2, 0) is 4.79 Å². The lowest BCUT2D eigenvalue weighted by atomic mass is 9.68. The molecule has 0 aromatic heterocycles. The number of ketones is 1. The molecule has 0 aromatic carbocycles. The van der Waals surface area contributed by atoms with Crippen molar-refractivity contribution in [1.82, 2.24) is 0 Å². The highest BCUT2D eigenvalue weighted by atomic mass is 127. The van der Waals surface area contributed by atoms with Crippen LogP contribution in [0.25, 0.3) is 0 Å². The molecule has 1 saturated carbocycles. The second-order valence-electron chi connectivity index (χ2n) is 5.54. The van der Waals surface area contributed by atoms with Gasteiger partial charge in [-0.15, -0.1) is 0 Å². The minimum Gasteiger partial charge on any atom is -0.381 e. The Kier molecular flexibility index (Phi) is 2.14. The fourth-order valence-electron chi connectivity index (χ4n) is 3.28. The molecule has 3 aliphatic carbocycles. The summed E-state index contributed by atoms with van der Waals surface area (Å²) in [6, 6.07) is 0. The number of halogens is 1. The van der Waals surface area contributed by atoms with Gasteiger partial charge < -0.3 is 5.11 Å². The van der Waals surface area contributed by atoms with Crippen molar-refractivity contribution >= 4 is 28.4 Å². The van der Waals surface area contributed by atoms with Gasteiger partial charge in [0, 0.05) is 14.6 Å². The van der Waals surface area contributed by atoms with Crippen molar-refractivity contribution in [3.63, 3.8) is 0 Å². The normalized spacial score (nSPS) is 34.4. The van der Waals surface area contributed by atoms with Crippen LogP contribution in [0.3, 0.4) is 0 Å². The molecule has 1 spiro atoms. The molecule has 0 heterocycles. The van der Waals surface area contributed by atoms with E-state index in [1.807, 2.05) is 13.0 Å². The maximum Gasteiger partial charge on any atom is 0.195 e. The molecule has 0 amide bonds. The summed E-state index contributed by atoms with van der Waals surface area (Å²) in [6.45, 7) is 5.78. The molecule has 0 saturated heterocycles. The molecule has 90 valence electrons. The van der Waals surface area contributed by atoms with Crippen molar-refractivity contribution < 1.29 is 9.90 Å². The maximum absolute atomic E-state index is 12.4. The highest BCUT2D eigenvalue weighted by molar-refractivity contribution is 14.1. The van der Waals surface area contributed by atoms with Gasteiger partial charge in [0.1, 0.15) is 5.60 Å². The summed E-state index contributed by atoms with van der Waals surface area (Å²) >= 11 is 2.31. The zero-order chi connectivity index (χ0) is 12.6. The van der Waals surface area contributed by atoms with Crippen LogP contribution >= 0.6 is 22.6 Å². The Morgan fingerprint density at radius 3 is 2.47 bits per heavy atom. The number of fused-ring (bicyclic) bond motifs is 1. The first-order chi connectivity index (χ1) is 7.83. The number of hydrogen-bond acceptors (Lipinski definition) is 2. The van der Waals surface area contributed by atoms with Gasteiger partial charge in [-0.2, -0.15) is 0 Å². The lowest BCUT2D eigenvalue weighted by molar-refractivity contribution is -0.137. The number of allylic oxidation sites excluding steroid dienone is 4. The minimum absolute atomic E-state index is 0.0957. The lowest BCUT2D eigenvalue weighted by Crippen LogP contribution is -2.49. The Labute approximate surface area is 115 Å². The van der Waals surface area contributed by atoms with Crippen LogP contribution in [0.2, 0.25) is 0 Å². The van der Waals surface area contributed by atoms with Crippen LogP contribution in [0.4, 0.5) is 0 Å². The summed E-state index contributed by atoms with van der Waals surface area (Å²) in [4.78, 5) is 12.4. The zero-order valence-corrected chi connectivity index (χ0v) is 12.4. The topological polar surface area (TPSA) is 37.3 Å². The number of carbonyl (C=O) groups is 1.